The summed E-state index contributed by atoms with van der Waals surface area (Å²) < 4.78 is 5.23. The third-order valence-electron chi connectivity index (χ3n) is 4.99. The van der Waals surface area contributed by atoms with Gasteiger partial charge in [-0.05, 0) is 41.3 Å². The molecule has 6 heteroatoms. The lowest BCUT2D eigenvalue weighted by Crippen LogP contribution is -2.54. The largest absolute Gasteiger partial charge is 0.445 e. The van der Waals surface area contributed by atoms with Gasteiger partial charge in [0, 0.05) is 6.42 Å². The Hall–Kier alpha value is -3.85. The number of ether oxygens (including phenoxy) is 1. The van der Waals surface area contributed by atoms with Crippen LogP contribution in [0.1, 0.15) is 23.6 Å². The van der Waals surface area contributed by atoms with Crippen LogP contribution in [0.25, 0.3) is 11.1 Å². The number of nitrogens with zero attached hydrogens (tertiary/aromatic N) is 1. The molecule has 0 unspecified atom stereocenters. The Kier molecular flexibility index (Phi) is 6.89. The second-order valence-corrected chi connectivity index (χ2v) is 7.45. The molecule has 2 radical (unpaired) electrons. The van der Waals surface area contributed by atoms with E-state index < -0.39 is 17.3 Å². The van der Waals surface area contributed by atoms with E-state index in [0.717, 1.165) is 22.3 Å². The monoisotopic (exact) mass is 408 g/mol. The predicted octanol–water partition coefficient (Wildman–Crippen LogP) is 4.15. The van der Waals surface area contributed by atoms with E-state index in [-0.39, 0.29) is 13.0 Å². The van der Waals surface area contributed by atoms with Gasteiger partial charge in [-0.15, -0.1) is 0 Å². The summed E-state index contributed by atoms with van der Waals surface area (Å²) in [4.78, 5) is 24.4. The van der Waals surface area contributed by atoms with Gasteiger partial charge in [-0.25, -0.2) is 4.79 Å². The standard InChI is InChI=1S/C25H21BN2O3/c1-25(23(26)29,28-24(30)31-17-20-5-3-2-4-6-20)15-18-7-11-21(12-8-18)22-13-9-19(16-27)10-14-22/h2-14H,15,17H2,1H3,(H,28,30)/t25-/m0/s1. The van der Waals surface area contributed by atoms with E-state index in [2.05, 4.69) is 11.4 Å². The highest BCUT2D eigenvalue weighted by molar-refractivity contribution is 6.60. The average Bonchev–Trinajstić information content (AvgIpc) is 2.79. The Morgan fingerprint density at radius 2 is 1.52 bits per heavy atom. The molecule has 31 heavy (non-hydrogen) atoms. The highest BCUT2D eigenvalue weighted by atomic mass is 16.5. The molecule has 1 N–H and O–H groups in total. The molecule has 3 aromatic carbocycles. The number of carbonyl (C=O) groups is 2. The number of nitrogens with one attached hydrogen (secondary N) is 1. The summed E-state index contributed by atoms with van der Waals surface area (Å²) in [6.07, 6.45) is -0.490. The Bertz CT molecular complexity index is 1090. The van der Waals surface area contributed by atoms with Gasteiger partial charge in [0.1, 0.15) is 12.3 Å². The van der Waals surface area contributed by atoms with Crippen molar-refractivity contribution < 1.29 is 14.3 Å². The van der Waals surface area contributed by atoms with Crippen LogP contribution in [0, 0.1) is 11.3 Å². The number of rotatable bonds is 7. The zero-order chi connectivity index (χ0) is 22.3. The van der Waals surface area contributed by atoms with Crippen molar-refractivity contribution in [3.8, 4) is 17.2 Å². The molecule has 0 saturated carbocycles. The Balaban J connectivity index is 1.66. The number of hydrogen-bond acceptors (Lipinski definition) is 4. The van der Waals surface area contributed by atoms with Crippen LogP contribution in [0.4, 0.5) is 4.79 Å². The summed E-state index contributed by atoms with van der Waals surface area (Å²) in [5, 5.41) is 11.5. The molecule has 0 saturated heterocycles. The van der Waals surface area contributed by atoms with E-state index in [9.17, 15) is 9.59 Å². The molecule has 0 fully saturated rings. The van der Waals surface area contributed by atoms with Crippen molar-refractivity contribution in [2.45, 2.75) is 25.5 Å². The van der Waals surface area contributed by atoms with Crippen LogP contribution < -0.4 is 5.32 Å². The van der Waals surface area contributed by atoms with Gasteiger partial charge in [-0.3, -0.25) is 0 Å². The van der Waals surface area contributed by atoms with Crippen LogP contribution in [-0.4, -0.2) is 25.2 Å². The molecule has 0 spiro atoms. The van der Waals surface area contributed by atoms with E-state index in [0.29, 0.717) is 5.56 Å². The molecule has 0 aliphatic rings. The molecule has 0 heterocycles. The zero-order valence-corrected chi connectivity index (χ0v) is 17.2. The second-order valence-electron chi connectivity index (χ2n) is 7.45. The lowest BCUT2D eigenvalue weighted by molar-refractivity contribution is -0.116. The first-order chi connectivity index (χ1) is 14.9. The van der Waals surface area contributed by atoms with E-state index >= 15 is 0 Å². The van der Waals surface area contributed by atoms with Gasteiger partial charge >= 0.3 is 6.09 Å². The normalized spacial score (nSPS) is 12.3. The smallest absolute Gasteiger partial charge is 0.408 e. The maximum Gasteiger partial charge on any atom is 0.408 e. The van der Waals surface area contributed by atoms with Crippen molar-refractivity contribution in [2.24, 2.45) is 0 Å². The summed E-state index contributed by atoms with van der Waals surface area (Å²) in [5.41, 5.74) is 2.28. The fraction of sp³-hybridized carbons (Fsp3) is 0.160. The fourth-order valence-corrected chi connectivity index (χ4v) is 3.14. The molecular weight excluding hydrogens is 387 g/mol. The number of hydrogen-bond donors (Lipinski definition) is 1. The molecule has 152 valence electrons. The SMILES string of the molecule is [B]C(=O)[C@](C)(Cc1ccc(-c2ccc(C#N)cc2)cc1)NC(=O)OCc1ccccc1. The Labute approximate surface area is 183 Å². The van der Waals surface area contributed by atoms with E-state index in [1.807, 2.05) is 66.7 Å². The summed E-state index contributed by atoms with van der Waals surface area (Å²) in [6, 6.07) is 26.3. The van der Waals surface area contributed by atoms with Gasteiger partial charge in [-0.2, -0.15) is 5.26 Å². The van der Waals surface area contributed by atoms with E-state index in [1.165, 1.54) is 0 Å². The first kappa shape index (κ1) is 21.9. The van der Waals surface area contributed by atoms with Crippen molar-refractivity contribution in [1.29, 1.82) is 5.26 Å². The van der Waals surface area contributed by atoms with Gasteiger partial charge in [-0.1, -0.05) is 66.7 Å². The van der Waals surface area contributed by atoms with Gasteiger partial charge < -0.3 is 14.8 Å². The highest BCUT2D eigenvalue weighted by Gasteiger charge is 2.32. The lowest BCUT2D eigenvalue weighted by Gasteiger charge is -2.28. The number of nitriles is 1. The topological polar surface area (TPSA) is 79.2 Å². The molecule has 0 bridgehead atoms. The summed E-state index contributed by atoms with van der Waals surface area (Å²) in [7, 11) is 5.59. The molecule has 0 aliphatic heterocycles. The third kappa shape index (κ3) is 5.83. The van der Waals surface area contributed by atoms with Crippen molar-refractivity contribution in [2.75, 3.05) is 0 Å². The van der Waals surface area contributed by atoms with Gasteiger partial charge in [0.25, 0.3) is 0 Å². The number of alkyl carbamates (subject to hydrolysis) is 1. The van der Waals surface area contributed by atoms with Crippen LogP contribution in [0.5, 0.6) is 0 Å². The summed E-state index contributed by atoms with van der Waals surface area (Å²) in [5.74, 6) is 0. The van der Waals surface area contributed by atoms with Crippen molar-refractivity contribution in [3.05, 3.63) is 95.6 Å². The van der Waals surface area contributed by atoms with Crippen molar-refractivity contribution in [3.63, 3.8) is 0 Å². The van der Waals surface area contributed by atoms with Crippen LogP contribution in [0.2, 0.25) is 0 Å². The lowest BCUT2D eigenvalue weighted by atomic mass is 9.79. The van der Waals surface area contributed by atoms with Gasteiger partial charge in [0.2, 0.25) is 0 Å². The first-order valence-electron chi connectivity index (χ1n) is 9.78. The maximum absolute atomic E-state index is 12.3. The predicted molar refractivity (Wildman–Crippen MR) is 119 cm³/mol. The van der Waals surface area contributed by atoms with Crippen LogP contribution >= 0.6 is 0 Å². The minimum Gasteiger partial charge on any atom is -0.445 e. The van der Waals surface area contributed by atoms with Gasteiger partial charge in [0.15, 0.2) is 7.85 Å². The molecular formula is C25H21BN2O3. The van der Waals surface area contributed by atoms with Crippen molar-refractivity contribution >= 4 is 19.6 Å². The van der Waals surface area contributed by atoms with E-state index in [4.69, 9.17) is 17.8 Å². The molecule has 5 nitrogen and oxygen atoms in total. The minimum atomic E-state index is -1.30. The molecule has 0 aromatic heterocycles. The van der Waals surface area contributed by atoms with Crippen LogP contribution in [0.15, 0.2) is 78.9 Å². The van der Waals surface area contributed by atoms with E-state index in [1.54, 1.807) is 19.1 Å². The first-order valence-corrected chi connectivity index (χ1v) is 9.78. The Morgan fingerprint density at radius 1 is 0.935 bits per heavy atom. The van der Waals surface area contributed by atoms with Gasteiger partial charge in [0.05, 0.1) is 17.2 Å². The quantitative estimate of drug-likeness (QED) is 0.596. The molecule has 0 aliphatic carbocycles. The second kappa shape index (κ2) is 9.77. The number of amides is 1. The van der Waals surface area contributed by atoms with Crippen molar-refractivity contribution in [1.82, 2.24) is 5.32 Å². The maximum atomic E-state index is 12.3. The average molecular weight is 408 g/mol. The minimum absolute atomic E-state index is 0.0980. The summed E-state index contributed by atoms with van der Waals surface area (Å²) >= 11 is 0. The van der Waals surface area contributed by atoms with Crippen LogP contribution in [-0.2, 0) is 22.6 Å². The number of carbonyl (C=O) groups excluding carboxylic acids is 2. The zero-order valence-electron chi connectivity index (χ0n) is 17.2. The molecule has 1 amide bonds. The van der Waals surface area contributed by atoms with Crippen LogP contribution in [0.3, 0.4) is 0 Å². The number of benzene rings is 3. The fourth-order valence-electron chi connectivity index (χ4n) is 3.14. The summed E-state index contributed by atoms with van der Waals surface area (Å²) in [6.45, 7) is 1.68. The molecule has 1 atom stereocenters. The molecule has 3 rings (SSSR count). The molecule has 3 aromatic rings. The third-order valence-corrected chi connectivity index (χ3v) is 4.99. The highest BCUT2D eigenvalue weighted by Crippen LogP contribution is 2.22. The Morgan fingerprint density at radius 3 is 2.06 bits per heavy atom.